The summed E-state index contributed by atoms with van der Waals surface area (Å²) in [5, 5.41) is 2.85. The predicted molar refractivity (Wildman–Crippen MR) is 81.2 cm³/mol. The van der Waals surface area contributed by atoms with E-state index >= 15 is 0 Å². The normalized spacial score (nSPS) is 16.1. The fourth-order valence-electron chi connectivity index (χ4n) is 2.72. The van der Waals surface area contributed by atoms with Crippen LogP contribution < -0.4 is 11.1 Å². The summed E-state index contributed by atoms with van der Waals surface area (Å²) in [5.41, 5.74) is 6.09. The van der Waals surface area contributed by atoms with E-state index in [1.54, 1.807) is 6.07 Å². The second-order valence-electron chi connectivity index (χ2n) is 5.90. The summed E-state index contributed by atoms with van der Waals surface area (Å²) < 4.78 is 13.8. The number of hydrogen-bond acceptors (Lipinski definition) is 2. The second-order valence-corrected chi connectivity index (χ2v) is 5.90. The van der Waals surface area contributed by atoms with Crippen LogP contribution in [0.5, 0.6) is 0 Å². The summed E-state index contributed by atoms with van der Waals surface area (Å²) in [4.78, 5) is 12.2. The van der Waals surface area contributed by atoms with Gasteiger partial charge in [-0.1, -0.05) is 31.6 Å². The van der Waals surface area contributed by atoms with Crippen molar-refractivity contribution in [3.63, 3.8) is 0 Å². The van der Waals surface area contributed by atoms with Crippen LogP contribution in [0, 0.1) is 23.1 Å². The van der Waals surface area contributed by atoms with Crippen LogP contribution in [0.15, 0.2) is 18.2 Å². The number of halogens is 1. The minimum Gasteiger partial charge on any atom is -0.351 e. The van der Waals surface area contributed by atoms with Gasteiger partial charge >= 0.3 is 0 Å². The molecule has 0 heterocycles. The monoisotopic (exact) mass is 288 g/mol. The van der Waals surface area contributed by atoms with Crippen molar-refractivity contribution < 1.29 is 9.18 Å². The van der Waals surface area contributed by atoms with Crippen molar-refractivity contribution in [2.45, 2.75) is 32.6 Å². The Bertz CT molecular complexity index is 580. The highest BCUT2D eigenvalue weighted by atomic mass is 19.1. The van der Waals surface area contributed by atoms with Gasteiger partial charge in [0, 0.05) is 12.1 Å². The van der Waals surface area contributed by atoms with Crippen LogP contribution in [0.2, 0.25) is 0 Å². The van der Waals surface area contributed by atoms with E-state index in [1.807, 2.05) is 0 Å². The van der Waals surface area contributed by atoms with Gasteiger partial charge in [-0.2, -0.15) is 0 Å². The van der Waals surface area contributed by atoms with E-state index in [0.717, 1.165) is 12.8 Å². The highest BCUT2D eigenvalue weighted by molar-refractivity contribution is 5.94. The van der Waals surface area contributed by atoms with Crippen LogP contribution >= 0.6 is 0 Å². The van der Waals surface area contributed by atoms with Crippen LogP contribution in [-0.2, 0) is 0 Å². The molecular formula is C17H21FN2O. The van der Waals surface area contributed by atoms with E-state index in [4.69, 9.17) is 5.73 Å². The lowest BCUT2D eigenvalue weighted by Crippen LogP contribution is -2.34. The van der Waals surface area contributed by atoms with Crippen molar-refractivity contribution >= 4 is 5.91 Å². The Morgan fingerprint density at radius 2 is 2.14 bits per heavy atom. The minimum absolute atomic E-state index is 0.0421. The van der Waals surface area contributed by atoms with Gasteiger partial charge in [-0.3, -0.25) is 4.79 Å². The first-order valence-corrected chi connectivity index (χ1v) is 7.31. The molecule has 3 nitrogen and oxygen atoms in total. The Kier molecular flexibility index (Phi) is 4.98. The van der Waals surface area contributed by atoms with Crippen LogP contribution in [0.1, 0.15) is 48.5 Å². The van der Waals surface area contributed by atoms with E-state index in [9.17, 15) is 9.18 Å². The van der Waals surface area contributed by atoms with E-state index in [2.05, 4.69) is 24.1 Å². The van der Waals surface area contributed by atoms with Gasteiger partial charge < -0.3 is 11.1 Å². The number of benzene rings is 1. The van der Waals surface area contributed by atoms with Gasteiger partial charge in [-0.25, -0.2) is 4.39 Å². The smallest absolute Gasteiger partial charge is 0.254 e. The Balaban J connectivity index is 2.07. The van der Waals surface area contributed by atoms with E-state index in [1.165, 1.54) is 25.0 Å². The maximum atomic E-state index is 13.8. The first-order valence-electron chi connectivity index (χ1n) is 7.31. The molecule has 3 N–H and O–H groups in total. The molecule has 0 spiro atoms. The van der Waals surface area contributed by atoms with E-state index in [-0.39, 0.29) is 23.4 Å². The number of amides is 1. The molecule has 0 aromatic heterocycles. The van der Waals surface area contributed by atoms with E-state index < -0.39 is 5.82 Å². The molecule has 1 amide bonds. The average molecular weight is 288 g/mol. The van der Waals surface area contributed by atoms with Gasteiger partial charge in [0.25, 0.3) is 5.91 Å². The lowest BCUT2D eigenvalue weighted by molar-refractivity contribution is 0.0930. The number of carbonyl (C=O) groups excluding carboxylic acids is 1. The van der Waals surface area contributed by atoms with Gasteiger partial charge in [-0.05, 0) is 36.5 Å². The van der Waals surface area contributed by atoms with Crippen LogP contribution in [0.3, 0.4) is 0 Å². The summed E-state index contributed by atoms with van der Waals surface area (Å²) in [7, 11) is 0. The van der Waals surface area contributed by atoms with Crippen LogP contribution in [0.25, 0.3) is 0 Å². The molecule has 0 unspecified atom stereocenters. The zero-order valence-electron chi connectivity index (χ0n) is 12.3. The van der Waals surface area contributed by atoms with Crippen molar-refractivity contribution in [1.29, 1.82) is 0 Å². The van der Waals surface area contributed by atoms with Crippen molar-refractivity contribution in [2.24, 2.45) is 11.1 Å². The largest absolute Gasteiger partial charge is 0.351 e. The summed E-state index contributed by atoms with van der Waals surface area (Å²) in [6, 6.07) is 4.30. The molecule has 1 aliphatic carbocycles. The van der Waals surface area contributed by atoms with E-state index in [0.29, 0.717) is 12.1 Å². The Morgan fingerprint density at radius 3 is 2.81 bits per heavy atom. The first-order chi connectivity index (χ1) is 10.0. The second kappa shape index (κ2) is 6.73. The Labute approximate surface area is 125 Å². The highest BCUT2D eigenvalue weighted by Crippen LogP contribution is 2.36. The third-order valence-corrected chi connectivity index (χ3v) is 4.03. The maximum Gasteiger partial charge on any atom is 0.254 e. The van der Waals surface area contributed by atoms with Crippen LogP contribution in [-0.4, -0.2) is 19.0 Å². The molecule has 1 aromatic rings. The third kappa shape index (κ3) is 4.05. The van der Waals surface area contributed by atoms with Gasteiger partial charge in [0.05, 0.1) is 12.1 Å². The first kappa shape index (κ1) is 15.5. The summed E-state index contributed by atoms with van der Waals surface area (Å²) in [6.45, 7) is 2.99. The fraction of sp³-hybridized carbons (Fsp3) is 0.471. The molecule has 0 radical (unpaired) electrons. The standard InChI is InChI=1S/C17H21FN2O/c1-17(8-2-3-9-17)12-20-16(21)14-11-13(5-4-10-19)6-7-15(14)18/h6-7,11H,2-3,8-10,12,19H2,1H3,(H,20,21). The molecule has 0 aliphatic heterocycles. The topological polar surface area (TPSA) is 55.1 Å². The lowest BCUT2D eigenvalue weighted by atomic mass is 9.89. The Morgan fingerprint density at radius 1 is 1.43 bits per heavy atom. The lowest BCUT2D eigenvalue weighted by Gasteiger charge is -2.23. The maximum absolute atomic E-state index is 13.8. The summed E-state index contributed by atoms with van der Waals surface area (Å²) in [6.07, 6.45) is 4.62. The molecule has 112 valence electrons. The molecule has 0 bridgehead atoms. The molecule has 2 rings (SSSR count). The van der Waals surface area contributed by atoms with Gasteiger partial charge in [0.15, 0.2) is 0 Å². The highest BCUT2D eigenvalue weighted by Gasteiger charge is 2.29. The number of nitrogens with two attached hydrogens (primary N) is 1. The van der Waals surface area contributed by atoms with Crippen LogP contribution in [0.4, 0.5) is 4.39 Å². The molecule has 1 aromatic carbocycles. The molecule has 1 fully saturated rings. The zero-order chi connectivity index (χ0) is 15.3. The minimum atomic E-state index is -0.526. The molecular weight excluding hydrogens is 267 g/mol. The molecule has 4 heteroatoms. The molecule has 1 aliphatic rings. The fourth-order valence-corrected chi connectivity index (χ4v) is 2.72. The molecule has 1 saturated carbocycles. The quantitative estimate of drug-likeness (QED) is 0.839. The zero-order valence-corrected chi connectivity index (χ0v) is 12.3. The SMILES string of the molecule is CC1(CNC(=O)c2cc(C#CCN)ccc2F)CCCC1. The molecule has 0 atom stereocenters. The molecule has 21 heavy (non-hydrogen) atoms. The van der Waals surface area contributed by atoms with Crippen molar-refractivity contribution in [3.8, 4) is 11.8 Å². The van der Waals surface area contributed by atoms with Crippen molar-refractivity contribution in [3.05, 3.63) is 35.1 Å². The third-order valence-electron chi connectivity index (χ3n) is 4.03. The predicted octanol–water partition coefficient (Wildman–Crippen LogP) is 2.45. The Hall–Kier alpha value is -1.86. The molecule has 0 saturated heterocycles. The summed E-state index contributed by atoms with van der Waals surface area (Å²) >= 11 is 0. The average Bonchev–Trinajstić information content (AvgIpc) is 2.91. The summed E-state index contributed by atoms with van der Waals surface area (Å²) in [5.74, 6) is 4.60. The number of carbonyl (C=O) groups is 1. The van der Waals surface area contributed by atoms with Crippen molar-refractivity contribution in [2.75, 3.05) is 13.1 Å². The van der Waals surface area contributed by atoms with Gasteiger partial charge in [0.2, 0.25) is 0 Å². The van der Waals surface area contributed by atoms with Gasteiger partial charge in [-0.15, -0.1) is 0 Å². The number of rotatable bonds is 3. The van der Waals surface area contributed by atoms with Crippen molar-refractivity contribution in [1.82, 2.24) is 5.32 Å². The number of nitrogens with one attached hydrogen (secondary N) is 1. The van der Waals surface area contributed by atoms with Gasteiger partial charge in [0.1, 0.15) is 5.82 Å². The number of hydrogen-bond donors (Lipinski definition) is 2.